The Balaban J connectivity index is 2.52. The molecular formula is C9H11F3IN2-. The van der Waals surface area contributed by atoms with Gasteiger partial charge in [0, 0.05) is 0 Å². The van der Waals surface area contributed by atoms with Crippen LogP contribution in [0.5, 0.6) is 0 Å². The van der Waals surface area contributed by atoms with E-state index in [1.807, 2.05) is 4.93 Å². The zero-order valence-corrected chi connectivity index (χ0v) is 10.4. The Labute approximate surface area is 96.5 Å². The van der Waals surface area contributed by atoms with Crippen molar-refractivity contribution in [2.24, 2.45) is 0 Å². The van der Waals surface area contributed by atoms with Crippen molar-refractivity contribution in [3.8, 4) is 0 Å². The molecule has 2 rings (SSSR count). The van der Waals surface area contributed by atoms with Gasteiger partial charge in [0.15, 0.2) is 0 Å². The Hall–Kier alpha value is -0.270. The molecule has 0 saturated heterocycles. The van der Waals surface area contributed by atoms with Crippen LogP contribution in [0.2, 0.25) is 0 Å². The molecule has 2 nitrogen and oxygen atoms in total. The van der Waals surface area contributed by atoms with Crippen molar-refractivity contribution in [3.05, 3.63) is 17.0 Å². The summed E-state index contributed by atoms with van der Waals surface area (Å²) in [5, 5.41) is 3.72. The summed E-state index contributed by atoms with van der Waals surface area (Å²) in [5.74, 6) is 0. The Morgan fingerprint density at radius 2 is 1.93 bits per heavy atom. The van der Waals surface area contributed by atoms with E-state index in [-0.39, 0.29) is 0 Å². The maximum atomic E-state index is 12.7. The molecule has 86 valence electrons. The minimum atomic E-state index is -4.29. The predicted octanol–water partition coefficient (Wildman–Crippen LogP) is -0.737. The van der Waals surface area contributed by atoms with Crippen LogP contribution in [0.25, 0.3) is 0 Å². The molecule has 0 spiro atoms. The first-order valence-electron chi connectivity index (χ1n) is 4.72. The van der Waals surface area contributed by atoms with Crippen LogP contribution in [0.3, 0.4) is 0 Å². The number of alkyl halides is 4. The number of nitrogens with zero attached hydrogens (tertiary/aromatic N) is 2. The van der Waals surface area contributed by atoms with E-state index in [9.17, 15) is 13.2 Å². The number of hydrogen-bond acceptors (Lipinski definition) is 1. The standard InChI is InChI=1S/C9H11F3IN2/c1-13-15-7-5-3-2-4-6(7)8(14-15)9(10,11)12/h2-5H2,1H3/q-1. The van der Waals surface area contributed by atoms with Gasteiger partial charge in [-0.3, -0.25) is 0 Å². The first kappa shape index (κ1) is 11.2. The summed E-state index contributed by atoms with van der Waals surface area (Å²) in [7, 11) is 0. The molecule has 0 saturated carbocycles. The number of hydrogen-bond donors (Lipinski definition) is 0. The van der Waals surface area contributed by atoms with E-state index in [4.69, 9.17) is 0 Å². The van der Waals surface area contributed by atoms with Crippen LogP contribution in [-0.2, 0) is 19.0 Å². The van der Waals surface area contributed by atoms with E-state index in [0.29, 0.717) is 12.0 Å². The Bertz CT molecular complexity index is 370. The monoisotopic (exact) mass is 331 g/mol. The van der Waals surface area contributed by atoms with E-state index in [1.54, 1.807) is 2.90 Å². The zero-order valence-electron chi connectivity index (χ0n) is 8.23. The number of rotatable bonds is 1. The van der Waals surface area contributed by atoms with Crippen LogP contribution in [0.4, 0.5) is 13.2 Å². The van der Waals surface area contributed by atoms with Crippen molar-refractivity contribution in [1.29, 1.82) is 0 Å². The Morgan fingerprint density at radius 3 is 2.53 bits per heavy atom. The second kappa shape index (κ2) is 3.95. The average Bonchev–Trinajstić information content (AvgIpc) is 2.55. The topological polar surface area (TPSA) is 17.8 Å². The molecule has 0 N–H and O–H groups in total. The summed E-state index contributed by atoms with van der Waals surface area (Å²) in [6.07, 6.45) is -1.16. The van der Waals surface area contributed by atoms with Gasteiger partial charge >= 0.3 is 96.4 Å². The third kappa shape index (κ3) is 2.00. The molecule has 1 aromatic heterocycles. The molecule has 1 aliphatic carbocycles. The molecule has 15 heavy (non-hydrogen) atoms. The quantitative estimate of drug-likeness (QED) is 0.490. The predicted molar refractivity (Wildman–Crippen MR) is 45.2 cm³/mol. The second-order valence-corrected chi connectivity index (χ2v) is 5.39. The molecule has 0 aromatic carbocycles. The summed E-state index contributed by atoms with van der Waals surface area (Å²) in [6, 6.07) is 0. The van der Waals surface area contributed by atoms with Gasteiger partial charge in [0.2, 0.25) is 0 Å². The van der Waals surface area contributed by atoms with Crippen LogP contribution in [-0.4, -0.2) is 12.9 Å². The van der Waals surface area contributed by atoms with Crippen LogP contribution >= 0.6 is 0 Å². The molecule has 0 radical (unpaired) electrons. The summed E-state index contributed by atoms with van der Waals surface area (Å²) < 4.78 is 39.6. The van der Waals surface area contributed by atoms with Gasteiger partial charge in [0.25, 0.3) is 0 Å². The molecule has 0 unspecified atom stereocenters. The zero-order chi connectivity index (χ0) is 11.1. The van der Waals surface area contributed by atoms with E-state index in [0.717, 1.165) is 25.0 Å². The number of halogens is 4. The van der Waals surface area contributed by atoms with Crippen molar-refractivity contribution >= 4 is 0 Å². The maximum absolute atomic E-state index is 12.7. The average molecular weight is 331 g/mol. The molecule has 0 aliphatic heterocycles. The van der Waals surface area contributed by atoms with Gasteiger partial charge in [-0.05, 0) is 0 Å². The molecule has 0 amide bonds. The molecular weight excluding hydrogens is 320 g/mol. The first-order valence-corrected chi connectivity index (χ1v) is 7.84. The molecule has 1 aromatic rings. The van der Waals surface area contributed by atoms with E-state index in [2.05, 4.69) is 5.10 Å². The SMILES string of the molecule is C[I-]n1nc(C(F)(F)F)c2c1CCCC2. The van der Waals surface area contributed by atoms with E-state index in [1.165, 1.54) is 0 Å². The van der Waals surface area contributed by atoms with E-state index < -0.39 is 33.3 Å². The van der Waals surface area contributed by atoms with Gasteiger partial charge in [-0.1, -0.05) is 0 Å². The van der Waals surface area contributed by atoms with Crippen LogP contribution in [0, 0.1) is 0 Å². The summed E-state index contributed by atoms with van der Waals surface area (Å²) in [5.41, 5.74) is 0.651. The van der Waals surface area contributed by atoms with Crippen molar-refractivity contribution in [3.63, 3.8) is 0 Å². The fraction of sp³-hybridized carbons (Fsp3) is 0.667. The molecule has 0 bridgehead atoms. The van der Waals surface area contributed by atoms with E-state index >= 15 is 0 Å². The van der Waals surface area contributed by atoms with Crippen LogP contribution < -0.4 is 21.5 Å². The second-order valence-electron chi connectivity index (χ2n) is 3.51. The van der Waals surface area contributed by atoms with Crippen molar-refractivity contribution in [2.75, 3.05) is 4.93 Å². The number of aromatic nitrogens is 2. The molecule has 1 aliphatic rings. The summed E-state index contributed by atoms with van der Waals surface area (Å²) >= 11 is -0.430. The molecule has 0 fully saturated rings. The van der Waals surface area contributed by atoms with Gasteiger partial charge in [0.1, 0.15) is 0 Å². The Kier molecular flexibility index (Phi) is 2.96. The summed E-state index contributed by atoms with van der Waals surface area (Å²) in [4.78, 5) is 1.93. The fourth-order valence-electron chi connectivity index (χ4n) is 1.92. The first-order chi connectivity index (χ1) is 7.04. The number of fused-ring (bicyclic) bond motifs is 1. The van der Waals surface area contributed by atoms with Gasteiger partial charge in [-0.25, -0.2) is 0 Å². The third-order valence-corrected chi connectivity index (χ3v) is 4.28. The van der Waals surface area contributed by atoms with Crippen molar-refractivity contribution < 1.29 is 34.7 Å². The van der Waals surface area contributed by atoms with Gasteiger partial charge in [-0.2, -0.15) is 0 Å². The van der Waals surface area contributed by atoms with Crippen molar-refractivity contribution in [1.82, 2.24) is 7.99 Å². The molecule has 6 heteroatoms. The van der Waals surface area contributed by atoms with Gasteiger partial charge in [0.05, 0.1) is 0 Å². The third-order valence-electron chi connectivity index (χ3n) is 2.56. The van der Waals surface area contributed by atoms with Crippen molar-refractivity contribution in [2.45, 2.75) is 31.9 Å². The Morgan fingerprint density at radius 1 is 1.27 bits per heavy atom. The fourth-order valence-corrected chi connectivity index (χ4v) is 3.47. The van der Waals surface area contributed by atoms with Crippen LogP contribution in [0.1, 0.15) is 29.8 Å². The summed E-state index contributed by atoms with van der Waals surface area (Å²) in [6.45, 7) is 0. The van der Waals surface area contributed by atoms with Crippen LogP contribution in [0.15, 0.2) is 0 Å². The minimum absolute atomic E-state index is 0.430. The molecule has 0 atom stereocenters. The normalized spacial score (nSPS) is 16.8. The van der Waals surface area contributed by atoms with Gasteiger partial charge in [-0.15, -0.1) is 0 Å². The molecule has 1 heterocycles. The van der Waals surface area contributed by atoms with Gasteiger partial charge < -0.3 is 0 Å².